The molecular formula is C18H20FN5O4S. The van der Waals surface area contributed by atoms with Gasteiger partial charge >= 0.3 is 0 Å². The summed E-state index contributed by atoms with van der Waals surface area (Å²) in [6.07, 6.45) is 1.74. The van der Waals surface area contributed by atoms with Crippen LogP contribution in [-0.4, -0.2) is 47.9 Å². The van der Waals surface area contributed by atoms with Gasteiger partial charge in [0, 0.05) is 18.8 Å². The number of amides is 3. The monoisotopic (exact) mass is 421 g/mol. The van der Waals surface area contributed by atoms with Crippen molar-refractivity contribution in [3.8, 4) is 0 Å². The molecule has 1 fully saturated rings. The second-order valence-corrected chi connectivity index (χ2v) is 7.22. The first-order valence-electron chi connectivity index (χ1n) is 8.87. The highest BCUT2D eigenvalue weighted by atomic mass is 32.1. The minimum atomic E-state index is -0.861. The van der Waals surface area contributed by atoms with Crippen LogP contribution in [0.4, 0.5) is 15.8 Å². The number of hydrogen-bond donors (Lipinski definition) is 3. The highest BCUT2D eigenvalue weighted by Gasteiger charge is 2.27. The second kappa shape index (κ2) is 8.97. The minimum Gasteiger partial charge on any atom is -0.395 e. The Labute approximate surface area is 170 Å². The first-order chi connectivity index (χ1) is 13.9. The summed E-state index contributed by atoms with van der Waals surface area (Å²) in [5, 5.41) is 2.73. The van der Waals surface area contributed by atoms with E-state index in [-0.39, 0.29) is 34.6 Å². The number of carbonyl (C=O) groups is 3. The molecule has 1 aliphatic rings. The maximum atomic E-state index is 13.3. The van der Waals surface area contributed by atoms with E-state index in [1.54, 1.807) is 0 Å². The number of nitrogens with one attached hydrogen (secondary N) is 1. The van der Waals surface area contributed by atoms with Crippen LogP contribution in [0.25, 0.3) is 0 Å². The van der Waals surface area contributed by atoms with Gasteiger partial charge in [0.1, 0.15) is 17.2 Å². The topological polar surface area (TPSA) is 141 Å². The van der Waals surface area contributed by atoms with Crippen molar-refractivity contribution >= 4 is 40.6 Å². The van der Waals surface area contributed by atoms with Gasteiger partial charge in [-0.3, -0.25) is 19.3 Å². The number of nitrogens with two attached hydrogens (primary N) is 2. The smallest absolute Gasteiger partial charge is 0.272 e. The molecule has 3 rings (SSSR count). The molecule has 0 aliphatic carbocycles. The SMILES string of the molecule is NC(=O)c1nsc(C(=O)N(CC(=O)NCC2CCCO2)c2ccc(F)cc2)c1N. The summed E-state index contributed by atoms with van der Waals surface area (Å²) in [6.45, 7) is 0.660. The van der Waals surface area contributed by atoms with E-state index in [0.29, 0.717) is 24.7 Å². The Morgan fingerprint density at radius 2 is 2.03 bits per heavy atom. The number of carbonyl (C=O) groups excluding carboxylic acids is 3. The average Bonchev–Trinajstić information content (AvgIpc) is 3.34. The molecule has 1 atom stereocenters. The van der Waals surface area contributed by atoms with Gasteiger partial charge in [0.2, 0.25) is 5.91 Å². The molecule has 5 N–H and O–H groups in total. The third-order valence-electron chi connectivity index (χ3n) is 4.39. The summed E-state index contributed by atoms with van der Waals surface area (Å²) in [4.78, 5) is 38.0. The van der Waals surface area contributed by atoms with Crippen LogP contribution >= 0.6 is 11.5 Å². The number of halogens is 1. The molecule has 1 aliphatic heterocycles. The fraction of sp³-hybridized carbons (Fsp3) is 0.333. The van der Waals surface area contributed by atoms with Gasteiger partial charge < -0.3 is 21.5 Å². The molecule has 3 amide bonds. The maximum Gasteiger partial charge on any atom is 0.272 e. The normalized spacial score (nSPS) is 15.8. The number of primary amides is 1. The van der Waals surface area contributed by atoms with E-state index in [2.05, 4.69) is 9.69 Å². The fourth-order valence-corrected chi connectivity index (χ4v) is 3.64. The van der Waals surface area contributed by atoms with Crippen molar-refractivity contribution in [2.75, 3.05) is 30.3 Å². The first-order valence-corrected chi connectivity index (χ1v) is 9.65. The highest BCUT2D eigenvalue weighted by Crippen LogP contribution is 2.26. The molecule has 154 valence electrons. The molecule has 0 radical (unpaired) electrons. The summed E-state index contributed by atoms with van der Waals surface area (Å²) in [5.74, 6) is -2.42. The van der Waals surface area contributed by atoms with Crippen LogP contribution in [0.2, 0.25) is 0 Å². The van der Waals surface area contributed by atoms with Crippen LogP contribution in [0.1, 0.15) is 33.0 Å². The number of nitrogens with zero attached hydrogens (tertiary/aromatic N) is 2. The van der Waals surface area contributed by atoms with Gasteiger partial charge in [-0.15, -0.1) is 0 Å². The maximum absolute atomic E-state index is 13.3. The molecule has 11 heteroatoms. The van der Waals surface area contributed by atoms with Gasteiger partial charge in [-0.05, 0) is 48.6 Å². The van der Waals surface area contributed by atoms with Crippen molar-refractivity contribution in [3.63, 3.8) is 0 Å². The zero-order valence-electron chi connectivity index (χ0n) is 15.4. The number of ether oxygens (including phenoxy) is 1. The van der Waals surface area contributed by atoms with Crippen molar-refractivity contribution in [2.24, 2.45) is 5.73 Å². The molecule has 2 aromatic rings. The second-order valence-electron chi connectivity index (χ2n) is 6.45. The molecule has 1 aromatic heterocycles. The lowest BCUT2D eigenvalue weighted by Gasteiger charge is -2.22. The summed E-state index contributed by atoms with van der Waals surface area (Å²) in [7, 11) is 0. The molecule has 9 nitrogen and oxygen atoms in total. The van der Waals surface area contributed by atoms with Crippen LogP contribution in [0, 0.1) is 5.82 Å². The summed E-state index contributed by atoms with van der Waals surface area (Å²) in [6, 6.07) is 5.08. The Morgan fingerprint density at radius 3 is 2.62 bits per heavy atom. The number of anilines is 2. The van der Waals surface area contributed by atoms with Gasteiger partial charge in [-0.1, -0.05) is 0 Å². The van der Waals surface area contributed by atoms with Crippen molar-refractivity contribution in [2.45, 2.75) is 18.9 Å². The van der Waals surface area contributed by atoms with E-state index < -0.39 is 23.5 Å². The van der Waals surface area contributed by atoms with Crippen molar-refractivity contribution < 1.29 is 23.5 Å². The fourth-order valence-electron chi connectivity index (χ4n) is 2.89. The Hall–Kier alpha value is -3.05. The largest absolute Gasteiger partial charge is 0.395 e. The molecule has 0 spiro atoms. The number of benzene rings is 1. The Bertz CT molecular complexity index is 911. The third-order valence-corrected chi connectivity index (χ3v) is 5.24. The van der Waals surface area contributed by atoms with Crippen molar-refractivity contribution in [3.05, 3.63) is 40.7 Å². The third kappa shape index (κ3) is 4.87. The molecule has 0 bridgehead atoms. The summed E-state index contributed by atoms with van der Waals surface area (Å²) >= 11 is 0.707. The molecule has 0 saturated carbocycles. The van der Waals surface area contributed by atoms with Gasteiger partial charge in [-0.25, -0.2) is 4.39 Å². The van der Waals surface area contributed by atoms with Crippen LogP contribution in [0.5, 0.6) is 0 Å². The predicted octanol–water partition coefficient (Wildman–Crippen LogP) is 0.905. The quantitative estimate of drug-likeness (QED) is 0.607. The van der Waals surface area contributed by atoms with Crippen LogP contribution in [-0.2, 0) is 9.53 Å². The first kappa shape index (κ1) is 20.7. The molecule has 1 aromatic carbocycles. The van der Waals surface area contributed by atoms with Crippen LogP contribution in [0.15, 0.2) is 24.3 Å². The van der Waals surface area contributed by atoms with E-state index in [9.17, 15) is 18.8 Å². The number of aromatic nitrogens is 1. The van der Waals surface area contributed by atoms with Gasteiger partial charge in [0.15, 0.2) is 5.69 Å². The van der Waals surface area contributed by atoms with Gasteiger partial charge in [0.05, 0.1) is 11.8 Å². The summed E-state index contributed by atoms with van der Waals surface area (Å²) < 4.78 is 22.6. The summed E-state index contributed by atoms with van der Waals surface area (Å²) in [5.41, 5.74) is 11.0. The Morgan fingerprint density at radius 1 is 1.31 bits per heavy atom. The predicted molar refractivity (Wildman–Crippen MR) is 105 cm³/mol. The average molecular weight is 421 g/mol. The van der Waals surface area contributed by atoms with E-state index in [1.807, 2.05) is 0 Å². The van der Waals surface area contributed by atoms with Crippen molar-refractivity contribution in [1.82, 2.24) is 9.69 Å². The molecular weight excluding hydrogens is 401 g/mol. The minimum absolute atomic E-state index is 0.0324. The lowest BCUT2D eigenvalue weighted by Crippen LogP contribution is -2.42. The van der Waals surface area contributed by atoms with E-state index in [4.69, 9.17) is 16.2 Å². The lowest BCUT2D eigenvalue weighted by molar-refractivity contribution is -0.120. The van der Waals surface area contributed by atoms with Crippen LogP contribution in [0.3, 0.4) is 0 Å². The standard InChI is InChI=1S/C18H20FN5O4S/c19-10-3-5-11(6-4-10)24(9-13(25)22-8-12-2-1-7-28-12)18(27)16-14(20)15(17(21)26)23-29-16/h3-6,12H,1-2,7-9,20H2,(H2,21,26)(H,22,25). The number of nitrogen functional groups attached to an aromatic ring is 1. The van der Waals surface area contributed by atoms with E-state index >= 15 is 0 Å². The lowest BCUT2D eigenvalue weighted by atomic mass is 10.2. The van der Waals surface area contributed by atoms with Gasteiger partial charge in [-0.2, -0.15) is 4.37 Å². The van der Waals surface area contributed by atoms with E-state index in [0.717, 1.165) is 17.7 Å². The molecule has 29 heavy (non-hydrogen) atoms. The zero-order valence-corrected chi connectivity index (χ0v) is 16.2. The van der Waals surface area contributed by atoms with Crippen molar-refractivity contribution in [1.29, 1.82) is 0 Å². The Balaban J connectivity index is 1.80. The molecule has 1 saturated heterocycles. The van der Waals surface area contributed by atoms with Gasteiger partial charge in [0.25, 0.3) is 11.8 Å². The zero-order chi connectivity index (χ0) is 21.0. The number of rotatable bonds is 7. The van der Waals surface area contributed by atoms with Crippen LogP contribution < -0.4 is 21.7 Å². The van der Waals surface area contributed by atoms with E-state index in [1.165, 1.54) is 24.3 Å². The number of hydrogen-bond acceptors (Lipinski definition) is 7. The molecule has 1 unspecified atom stereocenters. The Kier molecular flexibility index (Phi) is 6.39. The highest BCUT2D eigenvalue weighted by molar-refractivity contribution is 7.09. The molecule has 2 heterocycles.